The fraction of sp³-hybridized carbons (Fsp3) is 0.345. The molecule has 3 aromatic carbocycles. The number of amides is 1. The topological polar surface area (TPSA) is 40.5 Å². The van der Waals surface area contributed by atoms with Gasteiger partial charge in [-0.3, -0.25) is 4.79 Å². The third kappa shape index (κ3) is 4.43. The van der Waals surface area contributed by atoms with Gasteiger partial charge in [0.2, 0.25) is 5.67 Å². The van der Waals surface area contributed by atoms with Gasteiger partial charge >= 0.3 is 6.18 Å². The van der Waals surface area contributed by atoms with Crippen LogP contribution in [0.4, 0.5) is 30.7 Å². The third-order valence-corrected chi connectivity index (χ3v) is 8.17. The van der Waals surface area contributed by atoms with Gasteiger partial charge in [0.05, 0.1) is 0 Å². The van der Waals surface area contributed by atoms with E-state index in [1.165, 1.54) is 29.2 Å². The largest absolute Gasteiger partial charge is 0.503 e. The minimum Gasteiger partial charge on any atom is -0.503 e. The minimum atomic E-state index is -5.12. The Labute approximate surface area is 219 Å². The van der Waals surface area contributed by atoms with E-state index in [-0.39, 0.29) is 18.5 Å². The summed E-state index contributed by atoms with van der Waals surface area (Å²) >= 11 is 0. The Morgan fingerprint density at radius 2 is 1.64 bits per heavy atom. The number of likely N-dealkylation sites (tertiary alicyclic amines) is 1. The first-order valence-corrected chi connectivity index (χ1v) is 12.4. The van der Waals surface area contributed by atoms with Crippen molar-refractivity contribution in [1.29, 1.82) is 0 Å². The first-order valence-electron chi connectivity index (χ1n) is 12.4. The molecule has 10 heteroatoms. The summed E-state index contributed by atoms with van der Waals surface area (Å²) in [7, 11) is 0. The van der Waals surface area contributed by atoms with Crippen LogP contribution in [-0.4, -0.2) is 34.7 Å². The van der Waals surface area contributed by atoms with Crippen molar-refractivity contribution in [2.45, 2.75) is 55.9 Å². The molecule has 3 atom stereocenters. The normalized spacial score (nSPS) is 22.3. The molecule has 1 saturated heterocycles. The van der Waals surface area contributed by atoms with Crippen molar-refractivity contribution in [3.8, 4) is 5.75 Å². The Kier molecular flexibility index (Phi) is 6.43. The number of phenols is 1. The minimum absolute atomic E-state index is 0.180. The molecule has 3 aromatic rings. The van der Waals surface area contributed by atoms with E-state index < -0.39 is 58.0 Å². The van der Waals surface area contributed by atoms with Crippen LogP contribution in [0.5, 0.6) is 5.75 Å². The number of phenolic OH excluding ortho intramolecular Hbond substituents is 1. The lowest BCUT2D eigenvalue weighted by Gasteiger charge is -2.44. The molecule has 2 aliphatic rings. The number of aryl methyl sites for hydroxylation is 1. The van der Waals surface area contributed by atoms with Crippen LogP contribution < -0.4 is 0 Å². The molecule has 0 aromatic heterocycles. The zero-order chi connectivity index (χ0) is 28.3. The Balaban J connectivity index is 1.59. The summed E-state index contributed by atoms with van der Waals surface area (Å²) in [4.78, 5) is 14.9. The highest BCUT2D eigenvalue weighted by atomic mass is 19.4. The van der Waals surface area contributed by atoms with E-state index in [4.69, 9.17) is 0 Å². The van der Waals surface area contributed by atoms with Gasteiger partial charge in [-0.05, 0) is 79.1 Å². The second-order valence-corrected chi connectivity index (χ2v) is 10.4. The molecule has 1 heterocycles. The van der Waals surface area contributed by atoms with Gasteiger partial charge in [0.15, 0.2) is 17.4 Å². The van der Waals surface area contributed by atoms with E-state index in [1.807, 2.05) is 0 Å². The molecule has 0 saturated carbocycles. The molecule has 5 rings (SSSR count). The van der Waals surface area contributed by atoms with Crippen LogP contribution in [0, 0.1) is 17.5 Å². The quantitative estimate of drug-likeness (QED) is 0.359. The number of nitrogens with zero attached hydrogens (tertiary/aromatic N) is 1. The monoisotopic (exact) mass is 551 g/mol. The Morgan fingerprint density at radius 3 is 2.26 bits per heavy atom. The molecule has 0 radical (unpaired) electrons. The molecule has 1 unspecified atom stereocenters. The summed E-state index contributed by atoms with van der Waals surface area (Å²) in [5, 5.41) is 9.43. The Morgan fingerprint density at radius 1 is 1.00 bits per heavy atom. The van der Waals surface area contributed by atoms with E-state index >= 15 is 0 Å². The van der Waals surface area contributed by atoms with Crippen LogP contribution in [0.25, 0.3) is 0 Å². The van der Waals surface area contributed by atoms with Crippen molar-refractivity contribution in [3.63, 3.8) is 0 Å². The number of carbonyl (C=O) groups excluding carboxylic acids is 1. The molecule has 206 valence electrons. The van der Waals surface area contributed by atoms with Crippen LogP contribution in [0.2, 0.25) is 0 Å². The predicted octanol–water partition coefficient (Wildman–Crippen LogP) is 6.90. The van der Waals surface area contributed by atoms with E-state index in [1.54, 1.807) is 12.1 Å². The van der Waals surface area contributed by atoms with Gasteiger partial charge in [-0.1, -0.05) is 30.3 Å². The molecule has 39 heavy (non-hydrogen) atoms. The molecule has 1 N–H and O–H groups in total. The lowest BCUT2D eigenvalue weighted by Crippen LogP contribution is -2.49. The van der Waals surface area contributed by atoms with Crippen LogP contribution in [0.15, 0.2) is 54.6 Å². The average Bonchev–Trinajstić information content (AvgIpc) is 3.26. The fourth-order valence-corrected chi connectivity index (χ4v) is 6.09. The summed E-state index contributed by atoms with van der Waals surface area (Å²) < 4.78 is 96.8. The fourth-order valence-electron chi connectivity index (χ4n) is 6.09. The number of benzene rings is 3. The van der Waals surface area contributed by atoms with Crippen LogP contribution >= 0.6 is 0 Å². The van der Waals surface area contributed by atoms with Crippen LogP contribution in [0.1, 0.15) is 52.4 Å². The highest BCUT2D eigenvalue weighted by Gasteiger charge is 2.55. The Bertz CT molecular complexity index is 1410. The summed E-state index contributed by atoms with van der Waals surface area (Å²) in [5.74, 6) is -4.87. The van der Waals surface area contributed by atoms with Crippen molar-refractivity contribution in [2.75, 3.05) is 6.54 Å². The molecule has 1 aliphatic heterocycles. The number of hydrogen-bond acceptors (Lipinski definition) is 2. The zero-order valence-corrected chi connectivity index (χ0v) is 20.8. The SMILES string of the molecule is CC(F)(c1ccc2c(c1)CC[C@H]1N(C(=O)c3cc(F)c(O)c(F)c3)CC[C@@]21Cc1ccc(F)cc1)C(F)(F)F. The lowest BCUT2D eigenvalue weighted by molar-refractivity contribution is -0.228. The number of carbonyl (C=O) groups is 1. The molecule has 3 nitrogen and oxygen atoms in total. The summed E-state index contributed by atoms with van der Waals surface area (Å²) in [5.41, 5.74) is -3.30. The van der Waals surface area contributed by atoms with Crippen LogP contribution in [-0.2, 0) is 23.9 Å². The lowest BCUT2D eigenvalue weighted by atomic mass is 9.63. The van der Waals surface area contributed by atoms with Gasteiger partial charge in [0.25, 0.3) is 5.91 Å². The summed E-state index contributed by atoms with van der Waals surface area (Å²) in [6.07, 6.45) is -3.90. The number of alkyl halides is 4. The van der Waals surface area contributed by atoms with Crippen molar-refractivity contribution >= 4 is 5.91 Å². The van der Waals surface area contributed by atoms with E-state index in [9.17, 15) is 40.6 Å². The molecule has 1 aliphatic carbocycles. The predicted molar refractivity (Wildman–Crippen MR) is 129 cm³/mol. The van der Waals surface area contributed by atoms with E-state index in [0.29, 0.717) is 37.3 Å². The van der Waals surface area contributed by atoms with Gasteiger partial charge in [0, 0.05) is 23.6 Å². The van der Waals surface area contributed by atoms with Gasteiger partial charge in [-0.15, -0.1) is 0 Å². The van der Waals surface area contributed by atoms with Gasteiger partial charge in [-0.25, -0.2) is 17.6 Å². The highest BCUT2D eigenvalue weighted by molar-refractivity contribution is 5.95. The van der Waals surface area contributed by atoms with E-state index in [0.717, 1.165) is 23.8 Å². The Hall–Kier alpha value is -3.56. The second-order valence-electron chi connectivity index (χ2n) is 10.4. The molecular formula is C29H24F7NO2. The van der Waals surface area contributed by atoms with Crippen LogP contribution in [0.3, 0.4) is 0 Å². The van der Waals surface area contributed by atoms with Gasteiger partial charge in [0.1, 0.15) is 5.82 Å². The first-order chi connectivity index (χ1) is 18.2. The number of rotatable bonds is 4. The highest BCUT2D eigenvalue weighted by Crippen LogP contribution is 2.51. The number of hydrogen-bond donors (Lipinski definition) is 1. The zero-order valence-electron chi connectivity index (χ0n) is 20.8. The molecule has 0 bridgehead atoms. The summed E-state index contributed by atoms with van der Waals surface area (Å²) in [6, 6.07) is 10.5. The van der Waals surface area contributed by atoms with Crippen molar-refractivity contribution in [2.24, 2.45) is 0 Å². The first kappa shape index (κ1) is 27.0. The van der Waals surface area contributed by atoms with Crippen molar-refractivity contribution < 1.29 is 40.6 Å². The van der Waals surface area contributed by atoms with Crippen molar-refractivity contribution in [3.05, 3.63) is 99.9 Å². The number of halogens is 7. The average molecular weight is 552 g/mol. The van der Waals surface area contributed by atoms with Crippen molar-refractivity contribution in [1.82, 2.24) is 4.90 Å². The molecule has 1 amide bonds. The summed E-state index contributed by atoms with van der Waals surface area (Å²) in [6.45, 7) is 0.653. The standard InChI is InChI=1S/C29H24F7NO2/c1-27(33,29(34,35)36)19-5-8-21-17(12-19)4-9-24-28(21,15-16-2-6-20(30)7-3-16)10-11-37(24)26(39)18-13-22(31)25(38)23(32)14-18/h2-3,5-8,12-14,24,38H,4,9-11,15H2,1H3/t24-,27?,28-/m1/s1. The number of fused-ring (bicyclic) bond motifs is 3. The molecular weight excluding hydrogens is 527 g/mol. The molecule has 1 fully saturated rings. The van der Waals surface area contributed by atoms with E-state index in [2.05, 4.69) is 0 Å². The number of aromatic hydroxyl groups is 1. The smallest absolute Gasteiger partial charge is 0.426 e. The second kappa shape index (κ2) is 9.27. The maximum absolute atomic E-state index is 14.8. The van der Waals surface area contributed by atoms with Gasteiger partial charge < -0.3 is 10.0 Å². The maximum Gasteiger partial charge on any atom is 0.426 e. The molecule has 0 spiro atoms. The third-order valence-electron chi connectivity index (χ3n) is 8.17. The maximum atomic E-state index is 14.8. The van der Waals surface area contributed by atoms with Gasteiger partial charge in [-0.2, -0.15) is 13.2 Å².